The number of carbonyl (C=O) groups is 1. The van der Waals surface area contributed by atoms with Crippen LogP contribution in [0.2, 0.25) is 0 Å². The molecule has 5 heteroatoms. The quantitative estimate of drug-likeness (QED) is 0.860. The molecule has 0 fully saturated rings. The van der Waals surface area contributed by atoms with Gasteiger partial charge in [0.1, 0.15) is 5.60 Å². The molecule has 0 unspecified atom stereocenters. The van der Waals surface area contributed by atoms with Gasteiger partial charge in [0.15, 0.2) is 0 Å². The van der Waals surface area contributed by atoms with E-state index >= 15 is 0 Å². The molecule has 1 aromatic carbocycles. The highest BCUT2D eigenvalue weighted by Gasteiger charge is 2.20. The fraction of sp³-hybridized carbons (Fsp3) is 0.471. The lowest BCUT2D eigenvalue weighted by molar-refractivity contribution is 0.0544. The average Bonchev–Trinajstić information content (AvgIpc) is 2.87. The Hall–Kier alpha value is -1.46. The highest BCUT2D eigenvalue weighted by atomic mass is 32.2. The van der Waals surface area contributed by atoms with Crippen molar-refractivity contribution in [2.24, 2.45) is 5.92 Å². The molecule has 2 aromatic rings. The number of para-hydroxylation sites is 1. The second-order valence-electron chi connectivity index (χ2n) is 6.46. The van der Waals surface area contributed by atoms with E-state index < -0.39 is 5.60 Å². The van der Waals surface area contributed by atoms with Crippen molar-refractivity contribution in [3.63, 3.8) is 0 Å². The number of thioether (sulfide) groups is 1. The summed E-state index contributed by atoms with van der Waals surface area (Å²) in [6.45, 7) is 7.73. The molecule has 4 nitrogen and oxygen atoms in total. The number of hydrogen-bond acceptors (Lipinski definition) is 4. The van der Waals surface area contributed by atoms with Crippen LogP contribution < -0.4 is 0 Å². The van der Waals surface area contributed by atoms with Crippen LogP contribution in [0.15, 0.2) is 35.4 Å². The monoisotopic (exact) mass is 321 g/mol. The molecule has 0 radical (unpaired) electrons. The van der Waals surface area contributed by atoms with Crippen molar-refractivity contribution in [1.82, 2.24) is 4.57 Å². The van der Waals surface area contributed by atoms with Gasteiger partial charge in [0.05, 0.1) is 5.52 Å². The molecule has 0 aliphatic rings. The Labute approximate surface area is 135 Å². The lowest BCUT2D eigenvalue weighted by atomic mass is 10.2. The number of fused-ring (bicyclic) bond motifs is 1. The Bertz CT molecular complexity index is 657. The van der Waals surface area contributed by atoms with Gasteiger partial charge in [-0.2, -0.15) is 0 Å². The summed E-state index contributed by atoms with van der Waals surface area (Å²) in [7, 11) is 0. The highest BCUT2D eigenvalue weighted by Crippen LogP contribution is 2.30. The summed E-state index contributed by atoms with van der Waals surface area (Å²) >= 11 is 1.65. The standard InChI is InChI=1S/C17H23NO3S/c1-12(10-19)11-22-14-7-5-6-13-8-9-18(15(13)14)16(20)21-17(2,3)4/h5-9,12,19H,10-11H2,1-4H3/t12-/m0/s1. The van der Waals surface area contributed by atoms with Crippen LogP contribution in [-0.2, 0) is 4.74 Å². The van der Waals surface area contributed by atoms with Crippen LogP contribution in [0, 0.1) is 5.92 Å². The molecular formula is C17H23NO3S. The number of rotatable bonds is 4. The van der Waals surface area contributed by atoms with Gasteiger partial charge in [0.2, 0.25) is 0 Å². The Kier molecular flexibility index (Phi) is 5.19. The van der Waals surface area contributed by atoms with E-state index in [1.165, 1.54) is 0 Å². The van der Waals surface area contributed by atoms with Crippen LogP contribution in [0.4, 0.5) is 4.79 Å². The Morgan fingerprint density at radius 1 is 1.36 bits per heavy atom. The first kappa shape index (κ1) is 16.9. The lowest BCUT2D eigenvalue weighted by Gasteiger charge is -2.20. The van der Waals surface area contributed by atoms with E-state index in [4.69, 9.17) is 9.84 Å². The second-order valence-corrected chi connectivity index (χ2v) is 7.52. The first-order chi connectivity index (χ1) is 10.3. The molecule has 22 heavy (non-hydrogen) atoms. The van der Waals surface area contributed by atoms with Crippen molar-refractivity contribution in [1.29, 1.82) is 0 Å². The van der Waals surface area contributed by atoms with E-state index in [-0.39, 0.29) is 18.6 Å². The number of aromatic nitrogens is 1. The molecule has 1 N–H and O–H groups in total. The molecule has 1 atom stereocenters. The zero-order valence-electron chi connectivity index (χ0n) is 13.5. The lowest BCUT2D eigenvalue weighted by Crippen LogP contribution is -2.26. The Morgan fingerprint density at radius 3 is 2.73 bits per heavy atom. The van der Waals surface area contributed by atoms with Gasteiger partial charge in [0, 0.05) is 28.8 Å². The fourth-order valence-corrected chi connectivity index (χ4v) is 3.12. The molecule has 1 heterocycles. The second kappa shape index (κ2) is 6.75. The van der Waals surface area contributed by atoms with Crippen molar-refractivity contribution in [2.75, 3.05) is 12.4 Å². The Morgan fingerprint density at radius 2 is 2.09 bits per heavy atom. The predicted molar refractivity (Wildman–Crippen MR) is 90.5 cm³/mol. The van der Waals surface area contributed by atoms with Crippen LogP contribution in [0.1, 0.15) is 27.7 Å². The first-order valence-corrected chi connectivity index (χ1v) is 8.37. The smallest absolute Gasteiger partial charge is 0.419 e. The van der Waals surface area contributed by atoms with Gasteiger partial charge < -0.3 is 9.84 Å². The number of ether oxygens (including phenoxy) is 1. The van der Waals surface area contributed by atoms with E-state index in [0.29, 0.717) is 0 Å². The molecule has 0 saturated carbocycles. The van der Waals surface area contributed by atoms with Crippen LogP contribution in [0.3, 0.4) is 0 Å². The van der Waals surface area contributed by atoms with E-state index in [9.17, 15) is 4.79 Å². The van der Waals surface area contributed by atoms with Gasteiger partial charge in [-0.05, 0) is 38.8 Å². The third-order valence-electron chi connectivity index (χ3n) is 3.10. The maximum Gasteiger partial charge on any atom is 0.419 e. The normalized spacial score (nSPS) is 13.3. The van der Waals surface area contributed by atoms with Crippen molar-refractivity contribution in [3.8, 4) is 0 Å². The number of carbonyl (C=O) groups excluding carboxylic acids is 1. The minimum atomic E-state index is -0.527. The van der Waals surface area contributed by atoms with E-state index in [1.54, 1.807) is 22.5 Å². The SMILES string of the molecule is C[C@@H](CO)CSc1cccc2ccn(C(=O)OC(C)(C)C)c12. The molecule has 0 aliphatic heterocycles. The number of aliphatic hydroxyl groups is 1. The molecule has 0 spiro atoms. The molecule has 0 amide bonds. The van der Waals surface area contributed by atoms with Gasteiger partial charge in [-0.25, -0.2) is 4.79 Å². The van der Waals surface area contributed by atoms with Gasteiger partial charge in [-0.3, -0.25) is 4.57 Å². The summed E-state index contributed by atoms with van der Waals surface area (Å²) < 4.78 is 7.03. The third-order valence-corrected chi connectivity index (χ3v) is 4.48. The van der Waals surface area contributed by atoms with Crippen LogP contribution in [0.5, 0.6) is 0 Å². The summed E-state index contributed by atoms with van der Waals surface area (Å²) in [4.78, 5) is 13.4. The third kappa shape index (κ3) is 4.05. The first-order valence-electron chi connectivity index (χ1n) is 7.39. The minimum absolute atomic E-state index is 0.163. The largest absolute Gasteiger partial charge is 0.443 e. The van der Waals surface area contributed by atoms with Crippen LogP contribution in [-0.4, -0.2) is 33.7 Å². The van der Waals surface area contributed by atoms with Crippen molar-refractivity contribution in [3.05, 3.63) is 30.5 Å². The van der Waals surface area contributed by atoms with E-state index in [0.717, 1.165) is 21.6 Å². The maximum atomic E-state index is 12.4. The molecule has 120 valence electrons. The molecule has 1 aromatic heterocycles. The van der Waals surface area contributed by atoms with Crippen LogP contribution in [0.25, 0.3) is 10.9 Å². The zero-order valence-corrected chi connectivity index (χ0v) is 14.3. The summed E-state index contributed by atoms with van der Waals surface area (Å²) in [6, 6.07) is 7.88. The number of aliphatic hydroxyl groups excluding tert-OH is 1. The fourth-order valence-electron chi connectivity index (χ4n) is 2.03. The highest BCUT2D eigenvalue weighted by molar-refractivity contribution is 7.99. The summed E-state index contributed by atoms with van der Waals surface area (Å²) in [6.07, 6.45) is 1.38. The van der Waals surface area contributed by atoms with Gasteiger partial charge >= 0.3 is 6.09 Å². The molecular weight excluding hydrogens is 298 g/mol. The zero-order chi connectivity index (χ0) is 16.3. The summed E-state index contributed by atoms with van der Waals surface area (Å²) in [5, 5.41) is 10.2. The number of nitrogens with zero attached hydrogens (tertiary/aromatic N) is 1. The Balaban J connectivity index is 2.34. The van der Waals surface area contributed by atoms with E-state index in [2.05, 4.69) is 0 Å². The molecule has 0 bridgehead atoms. The van der Waals surface area contributed by atoms with E-state index in [1.807, 2.05) is 52.0 Å². The van der Waals surface area contributed by atoms with Gasteiger partial charge in [-0.15, -0.1) is 11.8 Å². The van der Waals surface area contributed by atoms with Crippen molar-refractivity contribution >= 4 is 28.8 Å². The van der Waals surface area contributed by atoms with Crippen molar-refractivity contribution < 1.29 is 14.6 Å². The topological polar surface area (TPSA) is 51.5 Å². The summed E-state index contributed by atoms with van der Waals surface area (Å²) in [5.74, 6) is 1.01. The molecule has 0 saturated heterocycles. The minimum Gasteiger partial charge on any atom is -0.443 e. The van der Waals surface area contributed by atoms with Gasteiger partial charge in [0.25, 0.3) is 0 Å². The number of hydrogen-bond donors (Lipinski definition) is 1. The van der Waals surface area contributed by atoms with Gasteiger partial charge in [-0.1, -0.05) is 19.1 Å². The molecule has 2 rings (SSSR count). The van der Waals surface area contributed by atoms with Crippen molar-refractivity contribution in [2.45, 2.75) is 38.2 Å². The van der Waals surface area contributed by atoms with Crippen LogP contribution >= 0.6 is 11.8 Å². The average molecular weight is 321 g/mol. The number of benzene rings is 1. The summed E-state index contributed by atoms with van der Waals surface area (Å²) in [5.41, 5.74) is 0.341. The maximum absolute atomic E-state index is 12.4. The molecule has 0 aliphatic carbocycles. The predicted octanol–water partition coefficient (Wildman–Crippen LogP) is 4.15.